The van der Waals surface area contributed by atoms with Crippen LogP contribution in [0.4, 0.5) is 11.6 Å². The number of hydrogen-bond acceptors (Lipinski definition) is 5. The zero-order chi connectivity index (χ0) is 17.2. The summed E-state index contributed by atoms with van der Waals surface area (Å²) in [7, 11) is 0. The molecule has 6 heteroatoms. The molecule has 3 aromatic rings. The van der Waals surface area contributed by atoms with Crippen LogP contribution in [0.5, 0.6) is 11.5 Å². The van der Waals surface area contributed by atoms with Gasteiger partial charge in [0.1, 0.15) is 18.2 Å². The van der Waals surface area contributed by atoms with Crippen molar-refractivity contribution in [3.63, 3.8) is 0 Å². The average Bonchev–Trinajstić information content (AvgIpc) is 2.64. The molecule has 0 radical (unpaired) electrons. The minimum absolute atomic E-state index is 0.00708. The maximum Gasteiger partial charge on any atom is 0.266 e. The number of aromatic nitrogens is 1. The summed E-state index contributed by atoms with van der Waals surface area (Å²) in [6.45, 7) is 0.706. The van der Waals surface area contributed by atoms with Crippen LogP contribution in [0.2, 0.25) is 0 Å². The summed E-state index contributed by atoms with van der Waals surface area (Å²) in [6, 6.07) is 17.3. The number of benzene rings is 2. The Morgan fingerprint density at radius 1 is 1.12 bits per heavy atom. The molecule has 1 aliphatic heterocycles. The molecule has 6 nitrogen and oxygen atoms in total. The van der Waals surface area contributed by atoms with Crippen molar-refractivity contribution in [1.29, 1.82) is 0 Å². The first-order valence-corrected chi connectivity index (χ1v) is 8.02. The molecule has 0 saturated carbocycles. The third-order valence-electron chi connectivity index (χ3n) is 4.09. The zero-order valence-corrected chi connectivity index (χ0v) is 13.5. The molecule has 0 aliphatic carbocycles. The van der Waals surface area contributed by atoms with Crippen LogP contribution in [0.1, 0.15) is 0 Å². The standard InChI is InChI=1S/C19H17N3O3/c20-17-9-8-16-19(21-17)22(18(23)12-25-16)10-11-24-15-7-3-5-13-4-1-2-6-14(13)15/h1-9H,10-12H2,(H2,20,21). The first kappa shape index (κ1) is 15.3. The van der Waals surface area contributed by atoms with Gasteiger partial charge < -0.3 is 15.2 Å². The van der Waals surface area contributed by atoms with Crippen molar-refractivity contribution < 1.29 is 14.3 Å². The molecule has 1 aliphatic rings. The van der Waals surface area contributed by atoms with Crippen LogP contribution in [0, 0.1) is 0 Å². The van der Waals surface area contributed by atoms with Gasteiger partial charge in [0.2, 0.25) is 0 Å². The van der Waals surface area contributed by atoms with E-state index in [9.17, 15) is 4.79 Å². The first-order chi connectivity index (χ1) is 12.2. The lowest BCUT2D eigenvalue weighted by atomic mass is 10.1. The SMILES string of the molecule is Nc1ccc2c(n1)N(CCOc1cccc3ccccc13)C(=O)CO2. The molecule has 0 spiro atoms. The molecule has 0 bridgehead atoms. The van der Waals surface area contributed by atoms with Crippen LogP contribution in [0.25, 0.3) is 10.8 Å². The Balaban J connectivity index is 1.52. The summed E-state index contributed by atoms with van der Waals surface area (Å²) in [6.07, 6.45) is 0. The van der Waals surface area contributed by atoms with E-state index in [1.807, 2.05) is 42.5 Å². The van der Waals surface area contributed by atoms with E-state index >= 15 is 0 Å². The number of nitrogens with zero attached hydrogens (tertiary/aromatic N) is 2. The summed E-state index contributed by atoms with van der Waals surface area (Å²) in [4.78, 5) is 18.0. The Hall–Kier alpha value is -3.28. The van der Waals surface area contributed by atoms with Crippen LogP contribution in [-0.2, 0) is 4.79 Å². The highest BCUT2D eigenvalue weighted by Crippen LogP contribution is 2.31. The number of nitrogen functional groups attached to an aromatic ring is 1. The van der Waals surface area contributed by atoms with Gasteiger partial charge in [-0.2, -0.15) is 0 Å². The second kappa shape index (κ2) is 6.32. The van der Waals surface area contributed by atoms with E-state index in [0.29, 0.717) is 30.5 Å². The van der Waals surface area contributed by atoms with Crippen molar-refractivity contribution in [1.82, 2.24) is 4.98 Å². The minimum Gasteiger partial charge on any atom is -0.491 e. The highest BCUT2D eigenvalue weighted by Gasteiger charge is 2.27. The fourth-order valence-electron chi connectivity index (χ4n) is 2.89. The Morgan fingerprint density at radius 3 is 2.88 bits per heavy atom. The predicted molar refractivity (Wildman–Crippen MR) is 95.9 cm³/mol. The maximum atomic E-state index is 12.2. The van der Waals surface area contributed by atoms with Crippen LogP contribution < -0.4 is 20.1 Å². The molecule has 0 saturated heterocycles. The van der Waals surface area contributed by atoms with E-state index < -0.39 is 0 Å². The van der Waals surface area contributed by atoms with E-state index in [1.165, 1.54) is 0 Å². The molecule has 2 heterocycles. The Labute approximate surface area is 144 Å². The van der Waals surface area contributed by atoms with Crippen LogP contribution in [0.15, 0.2) is 54.6 Å². The minimum atomic E-state index is -0.160. The summed E-state index contributed by atoms with van der Waals surface area (Å²) in [5.41, 5.74) is 5.74. The van der Waals surface area contributed by atoms with Crippen LogP contribution >= 0.6 is 0 Å². The second-order valence-electron chi connectivity index (χ2n) is 5.72. The molecular formula is C19H17N3O3. The van der Waals surface area contributed by atoms with Crippen molar-refractivity contribution in [2.45, 2.75) is 0 Å². The number of ether oxygens (including phenoxy) is 2. The number of anilines is 2. The monoisotopic (exact) mass is 335 g/mol. The Morgan fingerprint density at radius 2 is 1.96 bits per heavy atom. The maximum absolute atomic E-state index is 12.2. The Kier molecular flexibility index (Phi) is 3.85. The Bertz CT molecular complexity index is 937. The lowest BCUT2D eigenvalue weighted by molar-refractivity contribution is -0.121. The molecule has 25 heavy (non-hydrogen) atoms. The topological polar surface area (TPSA) is 77.7 Å². The van der Waals surface area contributed by atoms with Crippen molar-refractivity contribution in [3.8, 4) is 11.5 Å². The number of amides is 1. The molecular weight excluding hydrogens is 318 g/mol. The fourth-order valence-corrected chi connectivity index (χ4v) is 2.89. The fraction of sp³-hybridized carbons (Fsp3) is 0.158. The number of pyridine rings is 1. The highest BCUT2D eigenvalue weighted by atomic mass is 16.5. The number of fused-ring (bicyclic) bond motifs is 2. The van der Waals surface area contributed by atoms with Gasteiger partial charge >= 0.3 is 0 Å². The smallest absolute Gasteiger partial charge is 0.266 e. The molecule has 0 atom stereocenters. The van der Waals surface area contributed by atoms with Gasteiger partial charge in [0.25, 0.3) is 5.91 Å². The van der Waals surface area contributed by atoms with Crippen molar-refractivity contribution in [2.24, 2.45) is 0 Å². The molecule has 4 rings (SSSR count). The third-order valence-corrected chi connectivity index (χ3v) is 4.09. The van der Waals surface area contributed by atoms with Crippen molar-refractivity contribution in [3.05, 3.63) is 54.6 Å². The normalized spacial score (nSPS) is 13.4. The molecule has 0 fully saturated rings. The molecule has 1 amide bonds. The van der Waals surface area contributed by atoms with Gasteiger partial charge in [-0.1, -0.05) is 36.4 Å². The van der Waals surface area contributed by atoms with E-state index in [2.05, 4.69) is 4.98 Å². The molecule has 0 unspecified atom stereocenters. The molecule has 1 aromatic heterocycles. The number of carbonyl (C=O) groups is 1. The van der Waals surface area contributed by atoms with Gasteiger partial charge in [-0.3, -0.25) is 9.69 Å². The molecule has 126 valence electrons. The van der Waals surface area contributed by atoms with Gasteiger partial charge in [0.15, 0.2) is 18.2 Å². The summed E-state index contributed by atoms with van der Waals surface area (Å²) in [5, 5.41) is 2.16. The third kappa shape index (κ3) is 2.94. The summed E-state index contributed by atoms with van der Waals surface area (Å²) in [5.74, 6) is 1.97. The number of rotatable bonds is 4. The average molecular weight is 335 g/mol. The van der Waals surface area contributed by atoms with E-state index in [1.54, 1.807) is 17.0 Å². The van der Waals surface area contributed by atoms with Crippen molar-refractivity contribution >= 4 is 28.3 Å². The number of carbonyl (C=O) groups excluding carboxylic acids is 1. The van der Waals surface area contributed by atoms with Gasteiger partial charge in [-0.15, -0.1) is 0 Å². The van der Waals surface area contributed by atoms with Gasteiger partial charge in [-0.05, 0) is 23.6 Å². The van der Waals surface area contributed by atoms with E-state index in [4.69, 9.17) is 15.2 Å². The van der Waals surface area contributed by atoms with Crippen molar-refractivity contribution in [2.75, 3.05) is 30.4 Å². The summed E-state index contributed by atoms with van der Waals surface area (Å²) >= 11 is 0. The van der Waals surface area contributed by atoms with Gasteiger partial charge in [0.05, 0.1) is 6.54 Å². The highest BCUT2D eigenvalue weighted by molar-refractivity contribution is 5.96. The van der Waals surface area contributed by atoms with Gasteiger partial charge in [-0.25, -0.2) is 4.98 Å². The first-order valence-electron chi connectivity index (χ1n) is 8.02. The lowest BCUT2D eigenvalue weighted by Crippen LogP contribution is -2.41. The lowest BCUT2D eigenvalue weighted by Gasteiger charge is -2.28. The zero-order valence-electron chi connectivity index (χ0n) is 13.5. The largest absolute Gasteiger partial charge is 0.491 e. The van der Waals surface area contributed by atoms with Gasteiger partial charge in [0, 0.05) is 5.39 Å². The van der Waals surface area contributed by atoms with Crippen LogP contribution in [-0.4, -0.2) is 30.6 Å². The molecule has 2 N–H and O–H groups in total. The number of nitrogens with two attached hydrogens (primary N) is 1. The summed E-state index contributed by atoms with van der Waals surface area (Å²) < 4.78 is 11.3. The quantitative estimate of drug-likeness (QED) is 0.793. The molecule has 2 aromatic carbocycles. The van der Waals surface area contributed by atoms with E-state index in [-0.39, 0.29) is 12.5 Å². The van der Waals surface area contributed by atoms with E-state index in [0.717, 1.165) is 16.5 Å². The van der Waals surface area contributed by atoms with Crippen LogP contribution in [0.3, 0.4) is 0 Å². The number of hydrogen-bond donors (Lipinski definition) is 1. The second-order valence-corrected chi connectivity index (χ2v) is 5.72. The predicted octanol–water partition coefficient (Wildman–Crippen LogP) is 2.62.